The number of nitrogens with one attached hydrogen (secondary N) is 2. The van der Waals surface area contributed by atoms with E-state index < -0.39 is 29.2 Å². The summed E-state index contributed by atoms with van der Waals surface area (Å²) in [7, 11) is 0. The maximum atomic E-state index is 15.6. The van der Waals surface area contributed by atoms with Crippen molar-refractivity contribution in [2.24, 2.45) is 0 Å². The third kappa shape index (κ3) is 5.94. The summed E-state index contributed by atoms with van der Waals surface area (Å²) in [5.41, 5.74) is -0.704. The summed E-state index contributed by atoms with van der Waals surface area (Å²) in [4.78, 5) is 19.0. The number of rotatable bonds is 7. The van der Waals surface area contributed by atoms with Crippen molar-refractivity contribution >= 4 is 23.2 Å². The van der Waals surface area contributed by atoms with Crippen molar-refractivity contribution in [3.05, 3.63) is 59.2 Å². The number of anilines is 3. The molecule has 0 spiro atoms. The number of morpholine rings is 1. The van der Waals surface area contributed by atoms with Crippen LogP contribution in [0.3, 0.4) is 0 Å². The summed E-state index contributed by atoms with van der Waals surface area (Å²) in [6, 6.07) is 7.11. The van der Waals surface area contributed by atoms with Gasteiger partial charge in [-0.2, -0.15) is 18.3 Å². The molecule has 3 aromatic rings. The van der Waals surface area contributed by atoms with E-state index >= 15 is 4.39 Å². The van der Waals surface area contributed by atoms with Gasteiger partial charge in [-0.1, -0.05) is 6.07 Å². The van der Waals surface area contributed by atoms with Crippen LogP contribution in [0.4, 0.5) is 34.9 Å². The molecule has 1 amide bonds. The van der Waals surface area contributed by atoms with E-state index in [1.165, 1.54) is 12.1 Å². The minimum atomic E-state index is -4.87. The number of amides is 1. The van der Waals surface area contributed by atoms with Gasteiger partial charge < -0.3 is 25.4 Å². The molecule has 0 bridgehead atoms. The summed E-state index contributed by atoms with van der Waals surface area (Å²) in [6.45, 7) is 3.65. The van der Waals surface area contributed by atoms with E-state index in [4.69, 9.17) is 4.74 Å². The van der Waals surface area contributed by atoms with Crippen LogP contribution in [0.5, 0.6) is 0 Å². The zero-order valence-corrected chi connectivity index (χ0v) is 19.8. The lowest BCUT2D eigenvalue weighted by Gasteiger charge is -2.29. The molecule has 196 valence electrons. The number of pyridine rings is 1. The fourth-order valence-electron chi connectivity index (χ4n) is 3.87. The van der Waals surface area contributed by atoms with Crippen molar-refractivity contribution < 1.29 is 32.2 Å². The highest BCUT2D eigenvalue weighted by Gasteiger charge is 2.37. The van der Waals surface area contributed by atoms with E-state index in [1.807, 2.05) is 4.90 Å². The van der Waals surface area contributed by atoms with Crippen LogP contribution in [-0.2, 0) is 10.9 Å². The molecule has 4 rings (SSSR count). The Morgan fingerprint density at radius 3 is 2.62 bits per heavy atom. The number of alkyl halides is 3. The smallest absolute Gasteiger partial charge is 0.395 e. The van der Waals surface area contributed by atoms with Crippen molar-refractivity contribution in [1.29, 1.82) is 0 Å². The molecule has 1 aliphatic rings. The Morgan fingerprint density at radius 2 is 1.92 bits per heavy atom. The second-order valence-electron chi connectivity index (χ2n) is 8.22. The predicted octanol–water partition coefficient (Wildman–Crippen LogP) is 3.50. The Labute approximate surface area is 209 Å². The largest absolute Gasteiger partial charge is 0.435 e. The fourth-order valence-corrected chi connectivity index (χ4v) is 3.87. The molecule has 0 aliphatic carbocycles. The summed E-state index contributed by atoms with van der Waals surface area (Å²) in [6.07, 6.45) is -3.88. The van der Waals surface area contributed by atoms with Crippen molar-refractivity contribution in [2.75, 3.05) is 55.0 Å². The quantitative estimate of drug-likeness (QED) is 0.406. The van der Waals surface area contributed by atoms with Gasteiger partial charge in [0.25, 0.3) is 5.91 Å². The van der Waals surface area contributed by atoms with Crippen LogP contribution >= 0.6 is 0 Å². The molecule has 1 aromatic carbocycles. The standard InChI is InChI=1S/C24H24F4N6O3/c1-14-2-3-15(31-23(36)16-4-5-30-33-21(16)24(26,27)28)12-17(14)18-13-19(34-7-10-37-11-8-34)32-22(20(18)25)29-6-9-35/h2-5,12-13,35H,6-11H2,1H3,(H,29,32)(H,31,36). The molecule has 37 heavy (non-hydrogen) atoms. The molecule has 9 nitrogen and oxygen atoms in total. The summed E-state index contributed by atoms with van der Waals surface area (Å²) >= 11 is 0. The van der Waals surface area contributed by atoms with Crippen LogP contribution in [0.25, 0.3) is 11.1 Å². The first-order valence-corrected chi connectivity index (χ1v) is 11.4. The normalized spacial score (nSPS) is 13.9. The van der Waals surface area contributed by atoms with Crippen molar-refractivity contribution in [3.8, 4) is 11.1 Å². The summed E-state index contributed by atoms with van der Waals surface area (Å²) in [5, 5.41) is 20.7. The van der Waals surface area contributed by atoms with Crippen LogP contribution in [0, 0.1) is 12.7 Å². The molecular formula is C24H24F4N6O3. The maximum Gasteiger partial charge on any atom is 0.435 e. The molecule has 1 saturated heterocycles. The van der Waals surface area contributed by atoms with Gasteiger partial charge in [-0.25, -0.2) is 9.37 Å². The number of halogens is 4. The number of ether oxygens (including phenoxy) is 1. The second-order valence-corrected chi connectivity index (χ2v) is 8.22. The van der Waals surface area contributed by atoms with Gasteiger partial charge in [0.15, 0.2) is 17.3 Å². The third-order valence-corrected chi connectivity index (χ3v) is 5.70. The molecule has 0 saturated carbocycles. The molecular weight excluding hydrogens is 496 g/mol. The van der Waals surface area contributed by atoms with Crippen molar-refractivity contribution in [1.82, 2.24) is 15.2 Å². The SMILES string of the molecule is Cc1ccc(NC(=O)c2ccnnc2C(F)(F)F)cc1-c1cc(N2CCOCC2)nc(NCCO)c1F. The first kappa shape index (κ1) is 26.2. The summed E-state index contributed by atoms with van der Waals surface area (Å²) < 4.78 is 60.8. The van der Waals surface area contributed by atoms with E-state index in [-0.39, 0.29) is 30.2 Å². The van der Waals surface area contributed by atoms with Crippen LogP contribution in [-0.4, -0.2) is 65.6 Å². The molecule has 0 unspecified atom stereocenters. The van der Waals surface area contributed by atoms with Gasteiger partial charge in [0.1, 0.15) is 5.82 Å². The van der Waals surface area contributed by atoms with Gasteiger partial charge in [0, 0.05) is 30.9 Å². The highest BCUT2D eigenvalue weighted by Crippen LogP contribution is 2.35. The third-order valence-electron chi connectivity index (χ3n) is 5.70. The Kier molecular flexibility index (Phi) is 7.83. The molecule has 13 heteroatoms. The van der Waals surface area contributed by atoms with Crippen LogP contribution in [0.15, 0.2) is 36.5 Å². The lowest BCUT2D eigenvalue weighted by molar-refractivity contribution is -0.142. The summed E-state index contributed by atoms with van der Waals surface area (Å²) in [5.74, 6) is -1.27. The van der Waals surface area contributed by atoms with Gasteiger partial charge in [-0.05, 0) is 42.3 Å². The predicted molar refractivity (Wildman–Crippen MR) is 128 cm³/mol. The van der Waals surface area contributed by atoms with E-state index in [0.29, 0.717) is 43.2 Å². The number of aromatic nitrogens is 3. The minimum Gasteiger partial charge on any atom is -0.395 e. The lowest BCUT2D eigenvalue weighted by atomic mass is 9.99. The topological polar surface area (TPSA) is 113 Å². The Hall–Kier alpha value is -3.84. The number of carbonyl (C=O) groups is 1. The maximum absolute atomic E-state index is 15.6. The molecule has 3 N–H and O–H groups in total. The van der Waals surface area contributed by atoms with Crippen molar-refractivity contribution in [2.45, 2.75) is 13.1 Å². The lowest BCUT2D eigenvalue weighted by Crippen LogP contribution is -2.37. The van der Waals surface area contributed by atoms with Gasteiger partial charge in [-0.3, -0.25) is 4.79 Å². The Balaban J connectivity index is 1.72. The zero-order chi connectivity index (χ0) is 26.6. The van der Waals surface area contributed by atoms with E-state index in [9.17, 15) is 23.1 Å². The number of aliphatic hydroxyl groups excluding tert-OH is 1. The molecule has 3 heterocycles. The van der Waals surface area contributed by atoms with Gasteiger partial charge in [0.2, 0.25) is 0 Å². The van der Waals surface area contributed by atoms with E-state index in [0.717, 1.165) is 12.3 Å². The molecule has 1 fully saturated rings. The zero-order valence-electron chi connectivity index (χ0n) is 19.8. The van der Waals surface area contributed by atoms with Gasteiger partial charge in [-0.15, -0.1) is 5.10 Å². The number of aryl methyl sites for hydroxylation is 1. The minimum absolute atomic E-state index is 0.0560. The number of benzene rings is 1. The Bertz CT molecular complexity index is 1280. The van der Waals surface area contributed by atoms with Crippen LogP contribution in [0.2, 0.25) is 0 Å². The number of nitrogens with zero attached hydrogens (tertiary/aromatic N) is 4. The average molecular weight is 520 g/mol. The fraction of sp³-hybridized carbons (Fsp3) is 0.333. The second kappa shape index (κ2) is 11.0. The average Bonchev–Trinajstić information content (AvgIpc) is 2.89. The Morgan fingerprint density at radius 1 is 1.16 bits per heavy atom. The monoisotopic (exact) mass is 520 g/mol. The number of aliphatic hydroxyl groups is 1. The van der Waals surface area contributed by atoms with Gasteiger partial charge in [0.05, 0.1) is 31.6 Å². The van der Waals surface area contributed by atoms with Gasteiger partial charge >= 0.3 is 6.18 Å². The van der Waals surface area contributed by atoms with Crippen molar-refractivity contribution in [3.63, 3.8) is 0 Å². The highest BCUT2D eigenvalue weighted by molar-refractivity contribution is 6.05. The first-order chi connectivity index (χ1) is 17.7. The molecule has 2 aromatic heterocycles. The number of carbonyl (C=O) groups excluding carboxylic acids is 1. The van der Waals surface area contributed by atoms with E-state index in [1.54, 1.807) is 19.1 Å². The first-order valence-electron chi connectivity index (χ1n) is 11.4. The number of hydrogen-bond donors (Lipinski definition) is 3. The number of hydrogen-bond acceptors (Lipinski definition) is 8. The molecule has 1 aliphatic heterocycles. The molecule has 0 atom stereocenters. The van der Waals surface area contributed by atoms with E-state index in [2.05, 4.69) is 25.8 Å². The highest BCUT2D eigenvalue weighted by atomic mass is 19.4. The van der Waals surface area contributed by atoms with Crippen LogP contribution < -0.4 is 15.5 Å². The molecule has 0 radical (unpaired) electrons. The van der Waals surface area contributed by atoms with Crippen LogP contribution in [0.1, 0.15) is 21.6 Å².